The van der Waals surface area contributed by atoms with Crippen molar-refractivity contribution in [2.75, 3.05) is 5.32 Å². The van der Waals surface area contributed by atoms with E-state index in [4.69, 9.17) is 11.6 Å². The van der Waals surface area contributed by atoms with Crippen LogP contribution in [-0.2, 0) is 13.5 Å². The molecule has 0 saturated carbocycles. The highest BCUT2D eigenvalue weighted by atomic mass is 35.5. The van der Waals surface area contributed by atoms with Crippen LogP contribution in [0.25, 0.3) is 11.0 Å². The van der Waals surface area contributed by atoms with Gasteiger partial charge in [-0.2, -0.15) is 10.2 Å². The van der Waals surface area contributed by atoms with Gasteiger partial charge in [-0.05, 0) is 24.6 Å². The molecule has 8 heteroatoms. The smallest absolute Gasteiger partial charge is 0.259 e. The van der Waals surface area contributed by atoms with Crippen molar-refractivity contribution in [3.8, 4) is 0 Å². The van der Waals surface area contributed by atoms with E-state index < -0.39 is 11.7 Å². The van der Waals surface area contributed by atoms with Crippen LogP contribution in [-0.4, -0.2) is 25.9 Å². The number of aromatic nitrogens is 4. The Morgan fingerprint density at radius 3 is 3.00 bits per heavy atom. The van der Waals surface area contributed by atoms with E-state index in [1.165, 1.54) is 12.1 Å². The molecule has 0 aliphatic rings. The lowest BCUT2D eigenvalue weighted by atomic mass is 10.2. The molecule has 0 radical (unpaired) electrons. The summed E-state index contributed by atoms with van der Waals surface area (Å²) in [5.41, 5.74) is 1.30. The summed E-state index contributed by atoms with van der Waals surface area (Å²) < 4.78 is 15.4. The predicted molar refractivity (Wildman–Crippen MR) is 81.6 cm³/mol. The Balaban J connectivity index is 1.99. The Kier molecular flexibility index (Phi) is 3.58. The number of hydrogen-bond acceptors (Lipinski definition) is 3. The van der Waals surface area contributed by atoms with E-state index in [1.807, 2.05) is 6.92 Å². The van der Waals surface area contributed by atoms with Gasteiger partial charge in [-0.25, -0.2) is 9.07 Å². The van der Waals surface area contributed by atoms with Crippen molar-refractivity contribution >= 4 is 34.4 Å². The minimum absolute atomic E-state index is 0.128. The van der Waals surface area contributed by atoms with E-state index in [1.54, 1.807) is 11.7 Å². The third kappa shape index (κ3) is 2.33. The molecule has 3 aromatic rings. The molecule has 0 aliphatic carbocycles. The second kappa shape index (κ2) is 5.42. The zero-order valence-electron chi connectivity index (χ0n) is 11.9. The molecule has 2 N–H and O–H groups in total. The highest BCUT2D eigenvalue weighted by Gasteiger charge is 2.19. The van der Waals surface area contributed by atoms with Gasteiger partial charge in [-0.15, -0.1) is 0 Å². The lowest BCUT2D eigenvalue weighted by Gasteiger charge is -2.05. The fraction of sp³-hybridized carbons (Fsp3) is 0.214. The Hall–Kier alpha value is -2.41. The lowest BCUT2D eigenvalue weighted by molar-refractivity contribution is 0.102. The maximum absolute atomic E-state index is 13.8. The van der Waals surface area contributed by atoms with Gasteiger partial charge in [0.2, 0.25) is 0 Å². The standard InChI is InChI=1S/C14H13ClFN5O/c1-3-10-11-12(18-19-13(11)21(2)20-10)17-14(22)8-6-7(15)4-5-9(8)16/h4-6H,3H2,1-2H3,(H2,17,18,19,22). The summed E-state index contributed by atoms with van der Waals surface area (Å²) in [5.74, 6) is -0.847. The minimum Gasteiger partial charge on any atom is -0.306 e. The first-order chi connectivity index (χ1) is 10.5. The van der Waals surface area contributed by atoms with E-state index in [0.717, 1.165) is 17.1 Å². The molecule has 2 heterocycles. The molecule has 22 heavy (non-hydrogen) atoms. The van der Waals surface area contributed by atoms with Gasteiger partial charge in [-0.1, -0.05) is 18.5 Å². The number of amides is 1. The lowest BCUT2D eigenvalue weighted by Crippen LogP contribution is -2.14. The number of benzene rings is 1. The second-order valence-corrected chi connectivity index (χ2v) is 5.24. The molecule has 2 aromatic heterocycles. The normalized spacial score (nSPS) is 11.1. The van der Waals surface area contributed by atoms with Crippen molar-refractivity contribution in [2.24, 2.45) is 7.05 Å². The average molecular weight is 322 g/mol. The second-order valence-electron chi connectivity index (χ2n) is 4.80. The number of aromatic amines is 1. The van der Waals surface area contributed by atoms with Gasteiger partial charge in [0.25, 0.3) is 5.91 Å². The van der Waals surface area contributed by atoms with Crippen LogP contribution in [0.15, 0.2) is 18.2 Å². The topological polar surface area (TPSA) is 75.6 Å². The Bertz CT molecular complexity index is 870. The summed E-state index contributed by atoms with van der Waals surface area (Å²) >= 11 is 5.81. The third-order valence-electron chi connectivity index (χ3n) is 3.36. The van der Waals surface area contributed by atoms with E-state index in [2.05, 4.69) is 20.6 Å². The zero-order valence-corrected chi connectivity index (χ0v) is 12.7. The first kappa shape index (κ1) is 14.5. The number of anilines is 1. The van der Waals surface area contributed by atoms with Crippen LogP contribution >= 0.6 is 11.6 Å². The summed E-state index contributed by atoms with van der Waals surface area (Å²) in [7, 11) is 1.77. The zero-order chi connectivity index (χ0) is 15.9. The number of H-pyrrole nitrogens is 1. The van der Waals surface area contributed by atoms with Crippen molar-refractivity contribution in [3.05, 3.63) is 40.3 Å². The van der Waals surface area contributed by atoms with Crippen LogP contribution in [0.5, 0.6) is 0 Å². The van der Waals surface area contributed by atoms with E-state index in [0.29, 0.717) is 17.9 Å². The number of carbonyl (C=O) groups is 1. The first-order valence-corrected chi connectivity index (χ1v) is 7.05. The van der Waals surface area contributed by atoms with Crippen molar-refractivity contribution in [3.63, 3.8) is 0 Å². The summed E-state index contributed by atoms with van der Waals surface area (Å²) in [6, 6.07) is 3.82. The fourth-order valence-electron chi connectivity index (χ4n) is 2.31. The largest absolute Gasteiger partial charge is 0.306 e. The Labute approximate surface area is 130 Å². The van der Waals surface area contributed by atoms with E-state index in [9.17, 15) is 9.18 Å². The molecule has 0 atom stereocenters. The molecule has 1 amide bonds. The molecule has 0 unspecified atom stereocenters. The van der Waals surface area contributed by atoms with Crippen molar-refractivity contribution < 1.29 is 9.18 Å². The molecule has 1 aromatic carbocycles. The number of nitrogens with one attached hydrogen (secondary N) is 2. The van der Waals surface area contributed by atoms with E-state index in [-0.39, 0.29) is 10.6 Å². The molecule has 0 bridgehead atoms. The number of rotatable bonds is 3. The molecular formula is C14H13ClFN5O. The maximum Gasteiger partial charge on any atom is 0.259 e. The summed E-state index contributed by atoms with van der Waals surface area (Å²) in [4.78, 5) is 12.3. The Morgan fingerprint density at radius 2 is 2.27 bits per heavy atom. The molecule has 114 valence electrons. The third-order valence-corrected chi connectivity index (χ3v) is 3.59. The van der Waals surface area contributed by atoms with Crippen LogP contribution in [0.1, 0.15) is 23.0 Å². The van der Waals surface area contributed by atoms with Crippen LogP contribution in [0.2, 0.25) is 5.02 Å². The van der Waals surface area contributed by atoms with Crippen LogP contribution < -0.4 is 5.32 Å². The summed E-state index contributed by atoms with van der Waals surface area (Å²) in [5, 5.41) is 14.8. The minimum atomic E-state index is -0.639. The maximum atomic E-state index is 13.8. The highest BCUT2D eigenvalue weighted by Crippen LogP contribution is 2.25. The first-order valence-electron chi connectivity index (χ1n) is 6.67. The number of aryl methyl sites for hydroxylation is 2. The predicted octanol–water partition coefficient (Wildman–Crippen LogP) is 2.90. The number of hydrogen-bond donors (Lipinski definition) is 2. The highest BCUT2D eigenvalue weighted by molar-refractivity contribution is 6.31. The fourth-order valence-corrected chi connectivity index (χ4v) is 2.48. The van der Waals surface area contributed by atoms with Gasteiger partial charge < -0.3 is 5.32 Å². The van der Waals surface area contributed by atoms with Crippen molar-refractivity contribution in [1.82, 2.24) is 20.0 Å². The molecule has 0 spiro atoms. The van der Waals surface area contributed by atoms with Crippen LogP contribution in [0.3, 0.4) is 0 Å². The number of halogens is 2. The van der Waals surface area contributed by atoms with Crippen LogP contribution in [0, 0.1) is 5.82 Å². The molecule has 3 rings (SSSR count). The van der Waals surface area contributed by atoms with Crippen LogP contribution in [0.4, 0.5) is 10.2 Å². The van der Waals surface area contributed by atoms with Crippen molar-refractivity contribution in [2.45, 2.75) is 13.3 Å². The molecule has 0 aliphatic heterocycles. The Morgan fingerprint density at radius 1 is 1.50 bits per heavy atom. The summed E-state index contributed by atoms with van der Waals surface area (Å²) in [6.07, 6.45) is 0.686. The number of fused-ring (bicyclic) bond motifs is 1. The van der Waals surface area contributed by atoms with Gasteiger partial charge in [0.1, 0.15) is 11.6 Å². The van der Waals surface area contributed by atoms with Gasteiger partial charge in [-0.3, -0.25) is 9.89 Å². The quantitative estimate of drug-likeness (QED) is 0.778. The van der Waals surface area contributed by atoms with Gasteiger partial charge in [0.05, 0.1) is 16.6 Å². The monoisotopic (exact) mass is 321 g/mol. The molecule has 0 fully saturated rings. The van der Waals surface area contributed by atoms with Crippen molar-refractivity contribution in [1.29, 1.82) is 0 Å². The molecular weight excluding hydrogens is 309 g/mol. The SMILES string of the molecule is CCc1nn(C)c2n[nH]c(NC(=O)c3cc(Cl)ccc3F)c12. The van der Waals surface area contributed by atoms with E-state index >= 15 is 0 Å². The van der Waals surface area contributed by atoms with Gasteiger partial charge in [0, 0.05) is 12.1 Å². The van der Waals surface area contributed by atoms with Gasteiger partial charge >= 0.3 is 0 Å². The molecule has 0 saturated heterocycles. The van der Waals surface area contributed by atoms with Gasteiger partial charge in [0.15, 0.2) is 5.65 Å². The molecule has 6 nitrogen and oxygen atoms in total. The average Bonchev–Trinajstić information content (AvgIpc) is 3.03. The summed E-state index contributed by atoms with van der Waals surface area (Å²) in [6.45, 7) is 1.96. The number of nitrogens with zero attached hydrogens (tertiary/aromatic N) is 3. The number of carbonyl (C=O) groups excluding carboxylic acids is 1.